The normalized spacial score (nSPS) is 10.7. The van der Waals surface area contributed by atoms with Gasteiger partial charge in [-0.05, 0) is 47.0 Å². The number of primary amides is 1. The Labute approximate surface area is 170 Å². The molecule has 30 heavy (non-hydrogen) atoms. The Kier molecular flexibility index (Phi) is 6.43. The van der Waals surface area contributed by atoms with E-state index in [-0.39, 0.29) is 34.5 Å². The predicted molar refractivity (Wildman–Crippen MR) is 106 cm³/mol. The second kappa shape index (κ2) is 9.19. The molecule has 0 aromatic heterocycles. The number of rotatable bonds is 7. The summed E-state index contributed by atoms with van der Waals surface area (Å²) >= 11 is 0. The maximum atomic E-state index is 15.4. The first kappa shape index (κ1) is 21.0. The maximum Gasteiger partial charge on any atom is 0.387 e. The minimum absolute atomic E-state index is 0.142. The van der Waals surface area contributed by atoms with E-state index in [2.05, 4.69) is 10.1 Å². The zero-order valence-electron chi connectivity index (χ0n) is 15.5. The summed E-state index contributed by atoms with van der Waals surface area (Å²) in [6, 6.07) is 14.5. The Morgan fingerprint density at radius 3 is 2.43 bits per heavy atom. The summed E-state index contributed by atoms with van der Waals surface area (Å²) in [5.41, 5.74) is 8.84. The summed E-state index contributed by atoms with van der Waals surface area (Å²) in [7, 11) is 0. The topological polar surface area (TPSA) is 96.6 Å². The van der Waals surface area contributed by atoms with E-state index < -0.39 is 18.5 Å². The molecule has 0 unspecified atom stereocenters. The quantitative estimate of drug-likeness (QED) is 0.408. The van der Waals surface area contributed by atoms with Crippen LogP contribution >= 0.6 is 0 Å². The Balaban J connectivity index is 1.99. The lowest BCUT2D eigenvalue weighted by molar-refractivity contribution is -0.0495. The van der Waals surface area contributed by atoms with Crippen molar-refractivity contribution < 1.29 is 27.9 Å². The average molecular weight is 417 g/mol. The lowest BCUT2D eigenvalue weighted by atomic mass is 9.96. The molecule has 9 heteroatoms. The zero-order chi connectivity index (χ0) is 21.7. The Morgan fingerprint density at radius 1 is 1.07 bits per heavy atom. The Bertz CT molecular complexity index is 1040. The highest BCUT2D eigenvalue weighted by atomic mass is 19.3. The highest BCUT2D eigenvalue weighted by Crippen LogP contribution is 2.37. The number of alkyl halides is 2. The number of hydrogen-bond donors (Lipinski definition) is 4. The van der Waals surface area contributed by atoms with Gasteiger partial charge in [-0.2, -0.15) is 8.78 Å². The van der Waals surface area contributed by atoms with Crippen LogP contribution in [-0.4, -0.2) is 17.8 Å². The van der Waals surface area contributed by atoms with Gasteiger partial charge in [0.15, 0.2) is 0 Å². The highest BCUT2D eigenvalue weighted by molar-refractivity contribution is 5.87. The molecule has 0 aliphatic carbocycles. The molecule has 3 rings (SSSR count). The molecular formula is C21H18F3N3O3. The van der Waals surface area contributed by atoms with Crippen LogP contribution < -0.4 is 21.3 Å². The van der Waals surface area contributed by atoms with Gasteiger partial charge in [-0.3, -0.25) is 10.7 Å². The summed E-state index contributed by atoms with van der Waals surface area (Å²) in [6.45, 7) is -3.13. The van der Waals surface area contributed by atoms with E-state index in [0.29, 0.717) is 5.69 Å². The molecule has 3 aromatic carbocycles. The lowest BCUT2D eigenvalue weighted by Gasteiger charge is -2.15. The van der Waals surface area contributed by atoms with Gasteiger partial charge in [0.25, 0.3) is 0 Å². The fourth-order valence-electron chi connectivity index (χ4n) is 3.01. The summed E-state index contributed by atoms with van der Waals surface area (Å²) < 4.78 is 45.5. The molecule has 0 atom stereocenters. The molecule has 156 valence electrons. The number of halogens is 3. The van der Waals surface area contributed by atoms with Crippen LogP contribution in [0, 0.1) is 5.82 Å². The van der Waals surface area contributed by atoms with Gasteiger partial charge in [-0.15, -0.1) is 0 Å². The van der Waals surface area contributed by atoms with E-state index >= 15 is 4.39 Å². The minimum atomic E-state index is -3.13. The molecule has 0 spiro atoms. The first-order chi connectivity index (χ1) is 14.4. The van der Waals surface area contributed by atoms with E-state index in [4.69, 9.17) is 10.9 Å². The van der Waals surface area contributed by atoms with E-state index in [1.54, 1.807) is 24.3 Å². The fourth-order valence-corrected chi connectivity index (χ4v) is 3.01. The number of carbonyl (C=O) groups excluding carboxylic acids is 1. The monoisotopic (exact) mass is 417 g/mol. The van der Waals surface area contributed by atoms with Gasteiger partial charge in [-0.25, -0.2) is 9.18 Å². The van der Waals surface area contributed by atoms with Crippen molar-refractivity contribution in [3.05, 3.63) is 77.6 Å². The highest BCUT2D eigenvalue weighted by Gasteiger charge is 2.19. The van der Waals surface area contributed by atoms with Gasteiger partial charge in [0, 0.05) is 12.1 Å². The van der Waals surface area contributed by atoms with Crippen molar-refractivity contribution in [2.24, 2.45) is 5.73 Å². The van der Waals surface area contributed by atoms with Gasteiger partial charge < -0.3 is 15.8 Å². The van der Waals surface area contributed by atoms with Crippen LogP contribution in [0.2, 0.25) is 0 Å². The summed E-state index contributed by atoms with van der Waals surface area (Å²) in [5, 5.41) is 11.5. The smallest absolute Gasteiger partial charge is 0.387 e. The minimum Gasteiger partial charge on any atom is -0.434 e. The predicted octanol–water partition coefficient (Wildman–Crippen LogP) is 4.98. The maximum absolute atomic E-state index is 15.4. The van der Waals surface area contributed by atoms with Crippen molar-refractivity contribution in [1.82, 2.24) is 0 Å². The number of urea groups is 1. The van der Waals surface area contributed by atoms with E-state index in [9.17, 15) is 13.6 Å². The standard InChI is InChI=1S/C21H18F3N3O3/c22-19-14(10-12-4-7-15(8-5-12)26-21(25)28)6-9-17(30-20(23)24)18(19)13-2-1-3-16(11-13)27-29/h1-9,11,20,27,29H,10H2,(H3,25,26,28). The molecule has 5 N–H and O–H groups in total. The average Bonchev–Trinajstić information content (AvgIpc) is 2.71. The van der Waals surface area contributed by atoms with E-state index in [1.165, 1.54) is 36.4 Å². The van der Waals surface area contributed by atoms with Crippen molar-refractivity contribution in [3.63, 3.8) is 0 Å². The van der Waals surface area contributed by atoms with Crippen LogP contribution in [0.15, 0.2) is 60.7 Å². The number of amides is 2. The molecular weight excluding hydrogens is 399 g/mol. The number of benzene rings is 3. The molecule has 0 saturated carbocycles. The van der Waals surface area contributed by atoms with Crippen molar-refractivity contribution in [1.29, 1.82) is 0 Å². The van der Waals surface area contributed by atoms with Crippen LogP contribution in [0.3, 0.4) is 0 Å². The van der Waals surface area contributed by atoms with Crippen molar-refractivity contribution in [2.45, 2.75) is 13.0 Å². The van der Waals surface area contributed by atoms with Crippen molar-refractivity contribution in [3.8, 4) is 16.9 Å². The first-order valence-electron chi connectivity index (χ1n) is 8.79. The van der Waals surface area contributed by atoms with E-state index in [0.717, 1.165) is 5.56 Å². The lowest BCUT2D eigenvalue weighted by Crippen LogP contribution is -2.19. The number of carbonyl (C=O) groups is 1. The Hall–Kier alpha value is -3.72. The molecule has 0 bridgehead atoms. The van der Waals surface area contributed by atoms with Crippen LogP contribution in [0.5, 0.6) is 5.75 Å². The molecule has 0 radical (unpaired) electrons. The van der Waals surface area contributed by atoms with Gasteiger partial charge >= 0.3 is 12.6 Å². The number of hydrogen-bond acceptors (Lipinski definition) is 4. The van der Waals surface area contributed by atoms with Gasteiger partial charge in [0.05, 0.1) is 11.3 Å². The van der Waals surface area contributed by atoms with Gasteiger partial charge in [-0.1, -0.05) is 30.3 Å². The number of anilines is 2. The van der Waals surface area contributed by atoms with Crippen LogP contribution in [0.4, 0.5) is 29.3 Å². The zero-order valence-corrected chi connectivity index (χ0v) is 15.5. The fraction of sp³-hybridized carbons (Fsp3) is 0.0952. The molecule has 2 amide bonds. The van der Waals surface area contributed by atoms with Crippen molar-refractivity contribution in [2.75, 3.05) is 10.8 Å². The van der Waals surface area contributed by atoms with E-state index in [1.807, 2.05) is 5.48 Å². The molecule has 0 aliphatic heterocycles. The summed E-state index contributed by atoms with van der Waals surface area (Å²) in [6.07, 6.45) is 0.169. The third kappa shape index (κ3) is 5.00. The SMILES string of the molecule is NC(=O)Nc1ccc(Cc2ccc(OC(F)F)c(-c3cccc(NO)c3)c2F)cc1. The Morgan fingerprint density at radius 2 is 1.80 bits per heavy atom. The largest absolute Gasteiger partial charge is 0.434 e. The number of nitrogens with one attached hydrogen (secondary N) is 2. The van der Waals surface area contributed by atoms with Gasteiger partial charge in [0.2, 0.25) is 0 Å². The first-order valence-corrected chi connectivity index (χ1v) is 8.79. The van der Waals surface area contributed by atoms with Gasteiger partial charge in [0.1, 0.15) is 11.6 Å². The number of nitrogens with two attached hydrogens (primary N) is 1. The summed E-state index contributed by atoms with van der Waals surface area (Å²) in [4.78, 5) is 10.9. The van der Waals surface area contributed by atoms with Crippen molar-refractivity contribution >= 4 is 17.4 Å². The van der Waals surface area contributed by atoms with Crippen LogP contribution in [0.25, 0.3) is 11.1 Å². The molecule has 0 heterocycles. The van der Waals surface area contributed by atoms with Crippen LogP contribution in [0.1, 0.15) is 11.1 Å². The molecule has 0 saturated heterocycles. The second-order valence-electron chi connectivity index (χ2n) is 6.35. The summed E-state index contributed by atoms with van der Waals surface area (Å²) in [5.74, 6) is -1.04. The van der Waals surface area contributed by atoms with Crippen LogP contribution in [-0.2, 0) is 6.42 Å². The molecule has 3 aromatic rings. The molecule has 6 nitrogen and oxygen atoms in total. The number of ether oxygens (including phenoxy) is 1. The molecule has 0 fully saturated rings. The molecule has 0 aliphatic rings. The third-order valence-corrected chi connectivity index (χ3v) is 4.30. The second-order valence-corrected chi connectivity index (χ2v) is 6.35. The third-order valence-electron chi connectivity index (χ3n) is 4.30.